The lowest BCUT2D eigenvalue weighted by Crippen LogP contribution is -2.23. The molecule has 0 radical (unpaired) electrons. The Morgan fingerprint density at radius 3 is 2.39 bits per heavy atom. The minimum Gasteiger partial charge on any atom is -0.375 e. The van der Waals surface area contributed by atoms with E-state index in [4.69, 9.17) is 0 Å². The summed E-state index contributed by atoms with van der Waals surface area (Å²) in [6, 6.07) is 10.8. The van der Waals surface area contributed by atoms with Crippen LogP contribution in [0.3, 0.4) is 0 Å². The van der Waals surface area contributed by atoms with Crippen LogP contribution in [-0.2, 0) is 14.6 Å². The summed E-state index contributed by atoms with van der Waals surface area (Å²) in [5, 5.41) is 5.21. The maximum absolute atomic E-state index is 13.5. The average molecular weight is 336 g/mol. The molecule has 0 fully saturated rings. The fourth-order valence-corrected chi connectivity index (χ4v) is 3.41. The van der Waals surface area contributed by atoms with Gasteiger partial charge in [0, 0.05) is 6.26 Å². The second-order valence-electron chi connectivity index (χ2n) is 5.11. The van der Waals surface area contributed by atoms with Gasteiger partial charge in [0.1, 0.15) is 5.82 Å². The summed E-state index contributed by atoms with van der Waals surface area (Å²) >= 11 is 0. The number of hydrogen-bond donors (Lipinski definition) is 2. The topological polar surface area (TPSA) is 75.3 Å². The quantitative estimate of drug-likeness (QED) is 0.880. The number of aryl methyl sites for hydroxylation is 1. The Balaban J connectivity index is 2.11. The van der Waals surface area contributed by atoms with Gasteiger partial charge in [-0.25, -0.2) is 12.8 Å². The first kappa shape index (κ1) is 17.0. The Morgan fingerprint density at radius 1 is 1.09 bits per heavy atom. The number of carbonyl (C=O) groups excluding carboxylic acids is 1. The molecule has 2 aromatic carbocycles. The summed E-state index contributed by atoms with van der Waals surface area (Å²) in [5.74, 6) is -1.01. The van der Waals surface area contributed by atoms with Gasteiger partial charge >= 0.3 is 0 Å². The van der Waals surface area contributed by atoms with Crippen molar-refractivity contribution in [3.8, 4) is 0 Å². The molecule has 7 heteroatoms. The van der Waals surface area contributed by atoms with Gasteiger partial charge in [-0.15, -0.1) is 0 Å². The molecule has 2 N–H and O–H groups in total. The molecule has 2 rings (SSSR count). The Morgan fingerprint density at radius 2 is 1.74 bits per heavy atom. The zero-order chi connectivity index (χ0) is 17.0. The number of anilines is 2. The summed E-state index contributed by atoms with van der Waals surface area (Å²) in [7, 11) is -3.43. The minimum absolute atomic E-state index is 0.0758. The van der Waals surface area contributed by atoms with E-state index in [-0.39, 0.29) is 17.1 Å². The van der Waals surface area contributed by atoms with E-state index in [2.05, 4.69) is 10.6 Å². The zero-order valence-electron chi connectivity index (χ0n) is 12.8. The van der Waals surface area contributed by atoms with Crippen LogP contribution in [0, 0.1) is 12.7 Å². The van der Waals surface area contributed by atoms with Gasteiger partial charge < -0.3 is 10.6 Å². The smallest absolute Gasteiger partial charge is 0.243 e. The third kappa shape index (κ3) is 4.29. The van der Waals surface area contributed by atoms with Crippen LogP contribution < -0.4 is 10.6 Å². The van der Waals surface area contributed by atoms with Gasteiger partial charge in [0.2, 0.25) is 5.91 Å². The molecule has 0 atom stereocenters. The number of hydrogen-bond acceptors (Lipinski definition) is 4. The second kappa shape index (κ2) is 6.78. The first-order valence-corrected chi connectivity index (χ1v) is 8.76. The summed E-state index contributed by atoms with van der Waals surface area (Å²) in [6.07, 6.45) is 1.11. The second-order valence-corrected chi connectivity index (χ2v) is 7.06. The highest BCUT2D eigenvalue weighted by Gasteiger charge is 2.16. The lowest BCUT2D eigenvalue weighted by atomic mass is 10.2. The van der Waals surface area contributed by atoms with Crippen LogP contribution in [0.25, 0.3) is 0 Å². The molecule has 0 heterocycles. The maximum atomic E-state index is 13.5. The van der Waals surface area contributed by atoms with Crippen molar-refractivity contribution in [2.24, 2.45) is 0 Å². The van der Waals surface area contributed by atoms with Crippen molar-refractivity contribution in [2.45, 2.75) is 11.8 Å². The highest BCUT2D eigenvalue weighted by Crippen LogP contribution is 2.24. The van der Waals surface area contributed by atoms with Crippen LogP contribution in [0.5, 0.6) is 0 Å². The number of rotatable bonds is 5. The molecular weight excluding hydrogens is 319 g/mol. The Kier molecular flexibility index (Phi) is 5.00. The molecule has 1 amide bonds. The van der Waals surface area contributed by atoms with Crippen LogP contribution in [0.1, 0.15) is 5.56 Å². The fourth-order valence-electron chi connectivity index (χ4n) is 2.22. The van der Waals surface area contributed by atoms with Crippen LogP contribution in [-0.4, -0.2) is 27.1 Å². The molecule has 0 aromatic heterocycles. The van der Waals surface area contributed by atoms with Gasteiger partial charge in [0.05, 0.1) is 22.8 Å². The zero-order valence-corrected chi connectivity index (χ0v) is 13.6. The Hall–Kier alpha value is -2.41. The van der Waals surface area contributed by atoms with E-state index in [1.807, 2.05) is 0 Å². The SMILES string of the molecule is Cc1cccc(NCC(=O)Nc2ccccc2F)c1S(C)(=O)=O. The van der Waals surface area contributed by atoms with Crippen molar-refractivity contribution >= 4 is 27.1 Å². The molecule has 0 saturated carbocycles. The standard InChI is InChI=1S/C16H17FN2O3S/c1-11-6-5-9-14(16(11)23(2,21)22)18-10-15(20)19-13-8-4-3-7-12(13)17/h3-9,18H,10H2,1-2H3,(H,19,20). The third-order valence-electron chi connectivity index (χ3n) is 3.17. The number of para-hydroxylation sites is 1. The molecule has 0 aliphatic carbocycles. The molecule has 0 aliphatic rings. The minimum atomic E-state index is -3.43. The first-order chi connectivity index (χ1) is 10.8. The maximum Gasteiger partial charge on any atom is 0.243 e. The summed E-state index contributed by atoms with van der Waals surface area (Å²) in [5.41, 5.74) is 1.01. The monoisotopic (exact) mass is 336 g/mol. The van der Waals surface area contributed by atoms with Crippen molar-refractivity contribution in [3.05, 3.63) is 53.8 Å². The molecule has 2 aromatic rings. The van der Waals surface area contributed by atoms with E-state index < -0.39 is 21.6 Å². The van der Waals surface area contributed by atoms with Crippen molar-refractivity contribution in [1.29, 1.82) is 0 Å². The molecule has 0 bridgehead atoms. The lowest BCUT2D eigenvalue weighted by molar-refractivity contribution is -0.114. The third-order valence-corrected chi connectivity index (χ3v) is 4.45. The van der Waals surface area contributed by atoms with Crippen molar-refractivity contribution < 1.29 is 17.6 Å². The van der Waals surface area contributed by atoms with Crippen LogP contribution in [0.4, 0.5) is 15.8 Å². The van der Waals surface area contributed by atoms with Gasteiger partial charge in [-0.1, -0.05) is 24.3 Å². The highest BCUT2D eigenvalue weighted by atomic mass is 32.2. The number of amides is 1. The lowest BCUT2D eigenvalue weighted by Gasteiger charge is -2.13. The van der Waals surface area contributed by atoms with E-state index in [0.29, 0.717) is 11.3 Å². The van der Waals surface area contributed by atoms with Gasteiger partial charge in [-0.3, -0.25) is 4.79 Å². The number of halogens is 1. The van der Waals surface area contributed by atoms with E-state index in [1.54, 1.807) is 31.2 Å². The van der Waals surface area contributed by atoms with Crippen molar-refractivity contribution in [1.82, 2.24) is 0 Å². The number of carbonyl (C=O) groups is 1. The summed E-state index contributed by atoms with van der Waals surface area (Å²) in [6.45, 7) is 1.50. The molecule has 122 valence electrons. The van der Waals surface area contributed by atoms with Crippen LogP contribution in [0.2, 0.25) is 0 Å². The largest absolute Gasteiger partial charge is 0.375 e. The summed E-state index contributed by atoms with van der Waals surface area (Å²) < 4.78 is 37.2. The molecule has 23 heavy (non-hydrogen) atoms. The predicted octanol–water partition coefficient (Wildman–Crippen LogP) is 2.59. The van der Waals surface area contributed by atoms with Gasteiger partial charge in [0.15, 0.2) is 9.84 Å². The average Bonchev–Trinajstić information content (AvgIpc) is 2.46. The number of sulfone groups is 1. The fraction of sp³-hybridized carbons (Fsp3) is 0.188. The summed E-state index contributed by atoms with van der Waals surface area (Å²) in [4.78, 5) is 12.0. The number of nitrogens with one attached hydrogen (secondary N) is 2. The Bertz CT molecular complexity index is 835. The van der Waals surface area contributed by atoms with Crippen molar-refractivity contribution in [2.75, 3.05) is 23.4 Å². The number of benzene rings is 2. The van der Waals surface area contributed by atoms with Gasteiger partial charge in [-0.2, -0.15) is 0 Å². The van der Waals surface area contributed by atoms with Crippen molar-refractivity contribution in [3.63, 3.8) is 0 Å². The highest BCUT2D eigenvalue weighted by molar-refractivity contribution is 7.91. The molecule has 5 nitrogen and oxygen atoms in total. The van der Waals surface area contributed by atoms with Gasteiger partial charge in [0.25, 0.3) is 0 Å². The normalized spacial score (nSPS) is 11.1. The first-order valence-electron chi connectivity index (χ1n) is 6.87. The van der Waals surface area contributed by atoms with E-state index in [9.17, 15) is 17.6 Å². The van der Waals surface area contributed by atoms with Gasteiger partial charge in [-0.05, 0) is 30.7 Å². The van der Waals surface area contributed by atoms with Crippen LogP contribution in [0.15, 0.2) is 47.4 Å². The Labute approximate surface area is 134 Å². The molecule has 0 unspecified atom stereocenters. The van der Waals surface area contributed by atoms with Crippen LogP contribution >= 0.6 is 0 Å². The van der Waals surface area contributed by atoms with E-state index >= 15 is 0 Å². The molecule has 0 aliphatic heterocycles. The van der Waals surface area contributed by atoms with E-state index in [1.165, 1.54) is 18.2 Å². The predicted molar refractivity (Wildman–Crippen MR) is 87.8 cm³/mol. The molecule has 0 saturated heterocycles. The van der Waals surface area contributed by atoms with E-state index in [0.717, 1.165) is 6.26 Å². The molecular formula is C16H17FN2O3S. The molecule has 0 spiro atoms.